The first-order valence-electron chi connectivity index (χ1n) is 10.6. The van der Waals surface area contributed by atoms with Crippen molar-refractivity contribution >= 4 is 5.91 Å². The van der Waals surface area contributed by atoms with E-state index >= 15 is 0 Å². The highest BCUT2D eigenvalue weighted by atomic mass is 19.1. The van der Waals surface area contributed by atoms with Crippen LogP contribution < -0.4 is 10.5 Å². The predicted molar refractivity (Wildman–Crippen MR) is 118 cm³/mol. The van der Waals surface area contributed by atoms with E-state index in [1.54, 1.807) is 24.3 Å². The predicted octanol–water partition coefficient (Wildman–Crippen LogP) is 4.53. The lowest BCUT2D eigenvalue weighted by atomic mass is 9.90. The minimum absolute atomic E-state index is 0.157. The third-order valence-corrected chi connectivity index (χ3v) is 5.71. The van der Waals surface area contributed by atoms with E-state index in [-0.39, 0.29) is 5.82 Å². The molecule has 5 nitrogen and oxygen atoms in total. The van der Waals surface area contributed by atoms with Gasteiger partial charge in [0.15, 0.2) is 0 Å². The number of carbonyl (C=O) groups excluding carboxylic acids is 1. The maximum atomic E-state index is 13.6. The molecular weight excluding hydrogens is 393 g/mol. The van der Waals surface area contributed by atoms with Gasteiger partial charge in [0, 0.05) is 25.4 Å². The second kappa shape index (κ2) is 9.71. The fourth-order valence-electron chi connectivity index (χ4n) is 4.01. The van der Waals surface area contributed by atoms with Crippen LogP contribution in [0.3, 0.4) is 0 Å². The summed E-state index contributed by atoms with van der Waals surface area (Å²) in [4.78, 5) is 17.7. The number of carbonyl (C=O) groups is 1. The van der Waals surface area contributed by atoms with Crippen molar-refractivity contribution in [2.45, 2.75) is 25.2 Å². The minimum Gasteiger partial charge on any atom is -0.439 e. The van der Waals surface area contributed by atoms with E-state index in [9.17, 15) is 9.18 Å². The molecule has 1 aromatic heterocycles. The zero-order valence-corrected chi connectivity index (χ0v) is 17.3. The molecule has 0 spiro atoms. The molecule has 160 valence electrons. The summed E-state index contributed by atoms with van der Waals surface area (Å²) >= 11 is 0. The molecular formula is C25H26FN3O2. The number of rotatable bonds is 7. The first-order chi connectivity index (χ1) is 15.1. The summed E-state index contributed by atoms with van der Waals surface area (Å²) in [5, 5.41) is 0. The highest BCUT2D eigenvalue weighted by molar-refractivity contribution is 5.92. The zero-order valence-electron chi connectivity index (χ0n) is 17.3. The Morgan fingerprint density at radius 1 is 1.16 bits per heavy atom. The van der Waals surface area contributed by atoms with Crippen molar-refractivity contribution in [3.8, 4) is 11.6 Å². The van der Waals surface area contributed by atoms with Crippen molar-refractivity contribution in [2.24, 2.45) is 5.73 Å². The van der Waals surface area contributed by atoms with Gasteiger partial charge in [0.25, 0.3) is 0 Å². The number of likely N-dealkylation sites (tertiary alicyclic amines) is 1. The van der Waals surface area contributed by atoms with E-state index in [1.807, 2.05) is 18.2 Å². The third-order valence-electron chi connectivity index (χ3n) is 5.71. The number of hydrogen-bond donors (Lipinski definition) is 1. The normalized spacial score (nSPS) is 16.7. The Bertz CT molecular complexity index is 1020. The van der Waals surface area contributed by atoms with Crippen molar-refractivity contribution < 1.29 is 13.9 Å². The summed E-state index contributed by atoms with van der Waals surface area (Å²) in [6, 6.07) is 18.2. The molecule has 1 aliphatic heterocycles. The Morgan fingerprint density at radius 2 is 2.00 bits per heavy atom. The number of aromatic nitrogens is 1. The van der Waals surface area contributed by atoms with Crippen molar-refractivity contribution in [2.75, 3.05) is 19.6 Å². The van der Waals surface area contributed by atoms with Gasteiger partial charge in [-0.15, -0.1) is 0 Å². The molecule has 1 saturated heterocycles. The van der Waals surface area contributed by atoms with Crippen molar-refractivity contribution in [1.29, 1.82) is 0 Å². The molecule has 2 heterocycles. The number of ether oxygens (including phenoxy) is 1. The second-order valence-electron chi connectivity index (χ2n) is 7.94. The Hall–Kier alpha value is -3.25. The van der Waals surface area contributed by atoms with E-state index in [1.165, 1.54) is 17.8 Å². The number of hydrogen-bond acceptors (Lipinski definition) is 4. The van der Waals surface area contributed by atoms with Crippen LogP contribution in [0.15, 0.2) is 66.9 Å². The molecule has 1 amide bonds. The van der Waals surface area contributed by atoms with Crippen LogP contribution in [0.4, 0.5) is 4.39 Å². The number of amides is 1. The van der Waals surface area contributed by atoms with Gasteiger partial charge in [-0.2, -0.15) is 0 Å². The summed E-state index contributed by atoms with van der Waals surface area (Å²) < 4.78 is 19.3. The lowest BCUT2D eigenvalue weighted by Crippen LogP contribution is -2.35. The van der Waals surface area contributed by atoms with Crippen molar-refractivity contribution in [3.05, 3.63) is 89.4 Å². The van der Waals surface area contributed by atoms with Gasteiger partial charge in [-0.1, -0.05) is 24.3 Å². The molecule has 3 aromatic rings. The number of nitrogens with zero attached hydrogens (tertiary/aromatic N) is 2. The van der Waals surface area contributed by atoms with Crippen LogP contribution in [0.1, 0.15) is 40.2 Å². The highest BCUT2D eigenvalue weighted by Crippen LogP contribution is 2.27. The van der Waals surface area contributed by atoms with Gasteiger partial charge in [0.1, 0.15) is 11.6 Å². The van der Waals surface area contributed by atoms with E-state index in [0.717, 1.165) is 44.5 Å². The number of pyridine rings is 1. The van der Waals surface area contributed by atoms with Crippen LogP contribution in [0.5, 0.6) is 11.6 Å². The smallest absolute Gasteiger partial charge is 0.250 e. The lowest BCUT2D eigenvalue weighted by Gasteiger charge is -2.33. The Balaban J connectivity index is 1.29. The number of primary amides is 1. The average molecular weight is 420 g/mol. The average Bonchev–Trinajstić information content (AvgIpc) is 2.79. The standard InChI is InChI=1S/C25H26FN3O2/c26-22-5-1-3-19(15-22)21-4-2-13-29(17-21)14-12-18-6-9-23(10-7-18)31-24-11-8-20(16-28-24)25(27)30/h1,3,5-11,15-16,21H,2,4,12-14,17H2,(H2,27,30). The molecule has 1 aliphatic rings. The van der Waals surface area contributed by atoms with E-state index in [4.69, 9.17) is 10.5 Å². The lowest BCUT2D eigenvalue weighted by molar-refractivity contribution is 0.1000. The number of benzene rings is 2. The number of nitrogens with two attached hydrogens (primary N) is 1. The summed E-state index contributed by atoms with van der Waals surface area (Å²) in [5.74, 6) is 0.825. The monoisotopic (exact) mass is 419 g/mol. The molecule has 1 unspecified atom stereocenters. The Labute approximate surface area is 181 Å². The molecule has 1 atom stereocenters. The molecule has 0 radical (unpaired) electrons. The van der Waals surface area contributed by atoms with Gasteiger partial charge in [-0.25, -0.2) is 9.37 Å². The van der Waals surface area contributed by atoms with E-state index in [2.05, 4.69) is 22.0 Å². The second-order valence-corrected chi connectivity index (χ2v) is 7.94. The van der Waals surface area contributed by atoms with Crippen LogP contribution in [-0.4, -0.2) is 35.4 Å². The Morgan fingerprint density at radius 3 is 2.71 bits per heavy atom. The van der Waals surface area contributed by atoms with Gasteiger partial charge < -0.3 is 15.4 Å². The van der Waals surface area contributed by atoms with Crippen LogP contribution in [0.25, 0.3) is 0 Å². The molecule has 6 heteroatoms. The van der Waals surface area contributed by atoms with E-state index < -0.39 is 5.91 Å². The first-order valence-corrected chi connectivity index (χ1v) is 10.6. The van der Waals surface area contributed by atoms with Crippen LogP contribution in [-0.2, 0) is 6.42 Å². The molecule has 0 saturated carbocycles. The topological polar surface area (TPSA) is 68.5 Å². The van der Waals surface area contributed by atoms with Crippen LogP contribution >= 0.6 is 0 Å². The van der Waals surface area contributed by atoms with Crippen LogP contribution in [0.2, 0.25) is 0 Å². The highest BCUT2D eigenvalue weighted by Gasteiger charge is 2.21. The first kappa shape index (κ1) is 21.0. The third kappa shape index (κ3) is 5.67. The maximum Gasteiger partial charge on any atom is 0.250 e. The molecule has 0 aliphatic carbocycles. The molecule has 0 bridgehead atoms. The maximum absolute atomic E-state index is 13.6. The number of piperidine rings is 1. The van der Waals surface area contributed by atoms with Crippen LogP contribution in [0, 0.1) is 5.82 Å². The molecule has 1 fully saturated rings. The fraction of sp³-hybridized carbons (Fsp3) is 0.280. The number of halogens is 1. The molecule has 2 N–H and O–H groups in total. The zero-order chi connectivity index (χ0) is 21.6. The van der Waals surface area contributed by atoms with Gasteiger partial charge in [-0.05, 0) is 73.2 Å². The van der Waals surface area contributed by atoms with E-state index in [0.29, 0.717) is 23.1 Å². The van der Waals surface area contributed by atoms with Gasteiger partial charge in [0.2, 0.25) is 11.8 Å². The summed E-state index contributed by atoms with van der Waals surface area (Å²) in [6.07, 6.45) is 4.60. The quantitative estimate of drug-likeness (QED) is 0.611. The summed E-state index contributed by atoms with van der Waals surface area (Å²) in [5.41, 5.74) is 7.90. The molecule has 31 heavy (non-hydrogen) atoms. The van der Waals surface area contributed by atoms with Crippen molar-refractivity contribution in [3.63, 3.8) is 0 Å². The van der Waals surface area contributed by atoms with Crippen molar-refractivity contribution in [1.82, 2.24) is 9.88 Å². The van der Waals surface area contributed by atoms with Gasteiger partial charge in [0.05, 0.1) is 5.56 Å². The SMILES string of the molecule is NC(=O)c1ccc(Oc2ccc(CCN3CCCC(c4cccc(F)c4)C3)cc2)nc1. The largest absolute Gasteiger partial charge is 0.439 e. The minimum atomic E-state index is -0.514. The Kier molecular flexibility index (Phi) is 6.57. The van der Waals surface area contributed by atoms with Gasteiger partial charge >= 0.3 is 0 Å². The van der Waals surface area contributed by atoms with Gasteiger partial charge in [-0.3, -0.25) is 4.79 Å². The summed E-state index contributed by atoms with van der Waals surface area (Å²) in [6.45, 7) is 3.03. The molecule has 2 aromatic carbocycles. The fourth-order valence-corrected chi connectivity index (χ4v) is 4.01. The summed E-state index contributed by atoms with van der Waals surface area (Å²) in [7, 11) is 0. The molecule has 4 rings (SSSR count).